The van der Waals surface area contributed by atoms with Gasteiger partial charge in [0, 0.05) is 0 Å². The number of rotatable bonds is 0. The monoisotopic (exact) mass is 167 g/mol. The van der Waals surface area contributed by atoms with Crippen molar-refractivity contribution in [3.8, 4) is 0 Å². The summed E-state index contributed by atoms with van der Waals surface area (Å²) in [6.45, 7) is 0. The van der Waals surface area contributed by atoms with Gasteiger partial charge in [0.25, 0.3) is 0 Å². The van der Waals surface area contributed by atoms with Crippen LogP contribution in [0.1, 0.15) is 0 Å². The van der Waals surface area contributed by atoms with E-state index in [1.165, 1.54) is 0 Å². The molecule has 0 aromatic rings. The van der Waals surface area contributed by atoms with Crippen molar-refractivity contribution in [3.05, 3.63) is 0 Å². The Morgan fingerprint density at radius 1 is 1.17 bits per heavy atom. The third-order valence-electron chi connectivity index (χ3n) is 0. The molecule has 0 atom stereocenters. The van der Waals surface area contributed by atoms with Crippen LogP contribution in [-0.4, -0.2) is 0 Å². The minimum absolute atomic E-state index is 1.44. The predicted molar refractivity (Wildman–Crippen MR) is 2.75 cm³/mol. The van der Waals surface area contributed by atoms with Gasteiger partial charge in [0.1, 0.15) is 0 Å². The van der Waals surface area contributed by atoms with Crippen LogP contribution in [0.5, 0.6) is 0 Å². The molecule has 0 N–H and O–H groups in total. The molecule has 35 valence electrons. The standard InChI is InChI=1S/Mn.4O.Ti. The van der Waals surface area contributed by atoms with Crippen molar-refractivity contribution in [1.29, 1.82) is 0 Å². The first kappa shape index (κ1) is 9.66. The van der Waals surface area contributed by atoms with Crippen LogP contribution >= 0.6 is 0 Å². The molecular formula is MnO4Ti. The van der Waals surface area contributed by atoms with E-state index in [2.05, 4.69) is 0 Å². The number of hydrogen-bond donors (Lipinski definition) is 0. The van der Waals surface area contributed by atoms with Crippen LogP contribution in [0.15, 0.2) is 0 Å². The van der Waals surface area contributed by atoms with Gasteiger partial charge in [0.2, 0.25) is 0 Å². The second-order valence-corrected chi connectivity index (χ2v) is 0.603. The van der Waals surface area contributed by atoms with Crippen LogP contribution in [0.2, 0.25) is 0 Å². The molecule has 0 radical (unpaired) electrons. The van der Waals surface area contributed by atoms with Crippen LogP contribution in [0.25, 0.3) is 0 Å². The Balaban J connectivity index is 0. The second-order valence-electron chi connectivity index (χ2n) is 0.146. The Bertz CT molecular complexity index is 61.5. The van der Waals surface area contributed by atoms with E-state index >= 15 is 0 Å². The molecule has 0 saturated carbocycles. The van der Waals surface area contributed by atoms with Gasteiger partial charge >= 0.3 is 48.2 Å². The predicted octanol–water partition coefficient (Wildman–Crippen LogP) is -0.480. The summed E-state index contributed by atoms with van der Waals surface area (Å²) >= 11 is -3.44. The van der Waals surface area contributed by atoms with Crippen LogP contribution in [0, 0.1) is 0 Å². The van der Waals surface area contributed by atoms with Gasteiger partial charge in [-0.1, -0.05) is 0 Å². The molecule has 0 amide bonds. The molecule has 0 aliphatic heterocycles. The van der Waals surface area contributed by atoms with E-state index in [0.29, 0.717) is 0 Å². The number of hydrogen-bond acceptors (Lipinski definition) is 4. The molecule has 0 aromatic carbocycles. The summed E-state index contributed by atoms with van der Waals surface area (Å²) in [5, 5.41) is 0. The molecule has 4 nitrogen and oxygen atoms in total. The Morgan fingerprint density at radius 3 is 1.17 bits per heavy atom. The molecule has 0 fully saturated rings. The Hall–Kier alpha value is 0.434. The SMILES string of the molecule is [O]=[Mn]=[O].[O]=[Ti]=[O]. The van der Waals surface area contributed by atoms with E-state index in [9.17, 15) is 0 Å². The van der Waals surface area contributed by atoms with Crippen molar-refractivity contribution in [2.24, 2.45) is 0 Å². The summed E-state index contributed by atoms with van der Waals surface area (Å²) < 4.78 is 33.8. The summed E-state index contributed by atoms with van der Waals surface area (Å²) in [6, 6.07) is 0. The second kappa shape index (κ2) is 18.0. The first-order chi connectivity index (χ1) is 2.83. The van der Waals surface area contributed by atoms with Crippen molar-refractivity contribution in [2.45, 2.75) is 0 Å². The zero-order valence-corrected chi connectivity index (χ0v) is 5.25. The van der Waals surface area contributed by atoms with E-state index < -0.39 is 33.9 Å². The van der Waals surface area contributed by atoms with Crippen molar-refractivity contribution in [3.63, 3.8) is 0 Å². The Labute approximate surface area is 48.4 Å². The van der Waals surface area contributed by atoms with Crippen LogP contribution in [0.4, 0.5) is 0 Å². The molecule has 0 aliphatic rings. The molecule has 0 bridgehead atoms. The maximum atomic E-state index is 8.50. The van der Waals surface area contributed by atoms with Gasteiger partial charge in [-0.25, -0.2) is 0 Å². The fourth-order valence-corrected chi connectivity index (χ4v) is 0. The molecule has 0 aliphatic carbocycles. The summed E-state index contributed by atoms with van der Waals surface area (Å²) in [5.41, 5.74) is 0. The Kier molecular flexibility index (Phi) is 29.0. The average molecular weight is 167 g/mol. The van der Waals surface area contributed by atoms with Crippen molar-refractivity contribution < 1.29 is 48.2 Å². The molecule has 0 saturated heterocycles. The molecule has 0 unspecified atom stereocenters. The van der Waals surface area contributed by atoms with Crippen LogP contribution in [0.3, 0.4) is 0 Å². The van der Waals surface area contributed by atoms with E-state index in [4.69, 9.17) is 14.3 Å². The van der Waals surface area contributed by atoms with Crippen molar-refractivity contribution in [1.82, 2.24) is 0 Å². The molecule has 0 aromatic heterocycles. The summed E-state index contributed by atoms with van der Waals surface area (Å²) in [6.07, 6.45) is 0. The van der Waals surface area contributed by atoms with Gasteiger partial charge in [-0.3, -0.25) is 0 Å². The van der Waals surface area contributed by atoms with E-state index in [1.54, 1.807) is 0 Å². The molecule has 0 spiro atoms. The average Bonchev–Trinajstić information content (AvgIpc) is 1.39. The Morgan fingerprint density at radius 2 is 1.17 bits per heavy atom. The fraction of sp³-hybridized carbons (Fsp3) is 0. The van der Waals surface area contributed by atoms with Crippen molar-refractivity contribution in [2.75, 3.05) is 0 Å². The quantitative estimate of drug-likeness (QED) is 0.456. The van der Waals surface area contributed by atoms with Gasteiger partial charge in [-0.05, 0) is 0 Å². The minimum atomic E-state index is -2.00. The first-order valence-electron chi connectivity index (χ1n) is 0.717. The van der Waals surface area contributed by atoms with E-state index in [0.717, 1.165) is 0 Å². The molecule has 0 rings (SSSR count). The normalized spacial score (nSPS) is 3.33. The zero-order chi connectivity index (χ0) is 5.41. The third-order valence-corrected chi connectivity index (χ3v) is 0. The van der Waals surface area contributed by atoms with E-state index in [1.807, 2.05) is 0 Å². The maximum absolute atomic E-state index is 8.50. The van der Waals surface area contributed by atoms with Gasteiger partial charge in [-0.15, -0.1) is 0 Å². The summed E-state index contributed by atoms with van der Waals surface area (Å²) in [4.78, 5) is 0. The fourth-order valence-electron chi connectivity index (χ4n) is 0. The van der Waals surface area contributed by atoms with Gasteiger partial charge in [0.05, 0.1) is 0 Å². The third kappa shape index (κ3) is 278. The zero-order valence-electron chi connectivity index (χ0n) is 2.51. The molecule has 0 heterocycles. The first-order valence-corrected chi connectivity index (χ1v) is 2.96. The van der Waals surface area contributed by atoms with Gasteiger partial charge < -0.3 is 0 Å². The molecular weight excluding hydrogens is 167 g/mol. The van der Waals surface area contributed by atoms with Crippen LogP contribution in [-0.2, 0) is 48.2 Å². The van der Waals surface area contributed by atoms with Gasteiger partial charge in [0.15, 0.2) is 0 Å². The van der Waals surface area contributed by atoms with Crippen LogP contribution < -0.4 is 0 Å². The topological polar surface area (TPSA) is 68.3 Å². The van der Waals surface area contributed by atoms with Gasteiger partial charge in [-0.2, -0.15) is 0 Å². The molecule has 6 heavy (non-hydrogen) atoms. The van der Waals surface area contributed by atoms with E-state index in [-0.39, 0.29) is 0 Å². The summed E-state index contributed by atoms with van der Waals surface area (Å²) in [7, 11) is 0. The van der Waals surface area contributed by atoms with Crippen molar-refractivity contribution >= 4 is 0 Å². The summed E-state index contributed by atoms with van der Waals surface area (Å²) in [5.74, 6) is 0. The molecule has 6 heteroatoms.